The van der Waals surface area contributed by atoms with Gasteiger partial charge in [-0.2, -0.15) is 0 Å². The molecule has 92 valence electrons. The fourth-order valence-electron chi connectivity index (χ4n) is 1.38. The topological polar surface area (TPSA) is 38.7 Å². The smallest absolute Gasteiger partial charge is 0.143 e. The van der Waals surface area contributed by atoms with Crippen LogP contribution in [0.15, 0.2) is 0 Å². The number of aliphatic hydroxyl groups is 1. The van der Waals surface area contributed by atoms with Crippen LogP contribution < -0.4 is 0 Å². The molecule has 0 bridgehead atoms. The van der Waals surface area contributed by atoms with E-state index in [0.29, 0.717) is 6.61 Å². The zero-order valence-electron chi connectivity index (χ0n) is 10.0. The van der Waals surface area contributed by atoms with Crippen molar-refractivity contribution >= 4 is 0 Å². The number of hydrogen-bond acceptors (Lipinski definition) is 3. The Labute approximate surface area is 93.8 Å². The second kappa shape index (κ2) is 13.9. The van der Waals surface area contributed by atoms with Crippen LogP contribution in [0.5, 0.6) is 0 Å². The van der Waals surface area contributed by atoms with Crippen molar-refractivity contribution in [3.05, 3.63) is 0 Å². The van der Waals surface area contributed by atoms with Gasteiger partial charge in [-0.05, 0) is 19.3 Å². The van der Waals surface area contributed by atoms with Crippen LogP contribution >= 0.6 is 0 Å². The number of ether oxygens (including phenoxy) is 2. The summed E-state index contributed by atoms with van der Waals surface area (Å²) in [5.41, 5.74) is 0. The van der Waals surface area contributed by atoms with Gasteiger partial charge in [0.15, 0.2) is 0 Å². The molecular formula is C12H26O3. The zero-order valence-corrected chi connectivity index (χ0v) is 10.0. The molecule has 0 unspecified atom stereocenters. The zero-order chi connectivity index (χ0) is 11.2. The molecule has 0 radical (unpaired) electrons. The molecule has 0 rings (SSSR count). The highest BCUT2D eigenvalue weighted by molar-refractivity contribution is 4.43. The largest absolute Gasteiger partial charge is 0.381 e. The van der Waals surface area contributed by atoms with Gasteiger partial charge in [-0.25, -0.2) is 0 Å². The summed E-state index contributed by atoms with van der Waals surface area (Å²) in [5, 5.41) is 8.37. The Kier molecular flexibility index (Phi) is 13.8. The third-order valence-electron chi connectivity index (χ3n) is 2.31. The van der Waals surface area contributed by atoms with Crippen LogP contribution in [-0.4, -0.2) is 31.7 Å². The van der Waals surface area contributed by atoms with E-state index in [0.717, 1.165) is 26.1 Å². The molecule has 3 nitrogen and oxygen atoms in total. The fourth-order valence-corrected chi connectivity index (χ4v) is 1.38. The monoisotopic (exact) mass is 218 g/mol. The lowest BCUT2D eigenvalue weighted by Gasteiger charge is -2.03. The Bertz CT molecular complexity index is 95.0. The number of unbranched alkanes of at least 4 members (excludes halogenated alkanes) is 5. The van der Waals surface area contributed by atoms with Gasteiger partial charge in [0.05, 0.1) is 0 Å². The van der Waals surface area contributed by atoms with Crippen LogP contribution in [0.1, 0.15) is 51.9 Å². The Hall–Kier alpha value is -0.120. The summed E-state index contributed by atoms with van der Waals surface area (Å²) in [4.78, 5) is 0. The van der Waals surface area contributed by atoms with Crippen LogP contribution in [0, 0.1) is 0 Å². The van der Waals surface area contributed by atoms with Crippen molar-refractivity contribution in [2.24, 2.45) is 0 Å². The Morgan fingerprint density at radius 2 is 1.27 bits per heavy atom. The predicted molar refractivity (Wildman–Crippen MR) is 61.8 cm³/mol. The second-order valence-electron chi connectivity index (χ2n) is 3.77. The highest BCUT2D eigenvalue weighted by atomic mass is 16.6. The van der Waals surface area contributed by atoms with E-state index in [4.69, 9.17) is 14.6 Å². The predicted octanol–water partition coefficient (Wildman–Crippen LogP) is 2.72. The van der Waals surface area contributed by atoms with E-state index in [1.54, 1.807) is 0 Å². The van der Waals surface area contributed by atoms with E-state index in [9.17, 15) is 0 Å². The van der Waals surface area contributed by atoms with Crippen LogP contribution in [0.4, 0.5) is 0 Å². The summed E-state index contributed by atoms with van der Waals surface area (Å²) in [6.45, 7) is 4.54. The molecule has 0 amide bonds. The maximum atomic E-state index is 8.37. The summed E-state index contributed by atoms with van der Waals surface area (Å²) in [7, 11) is 0. The van der Waals surface area contributed by atoms with Gasteiger partial charge in [0.2, 0.25) is 0 Å². The minimum atomic E-state index is -0.152. The molecule has 0 aliphatic carbocycles. The summed E-state index contributed by atoms with van der Waals surface area (Å²) in [5.74, 6) is 0. The SMILES string of the molecule is CCCCCOCCCCCCOCO. The van der Waals surface area contributed by atoms with Crippen molar-refractivity contribution in [1.82, 2.24) is 0 Å². The first-order chi connectivity index (χ1) is 7.41. The van der Waals surface area contributed by atoms with Crippen molar-refractivity contribution in [2.45, 2.75) is 51.9 Å². The lowest BCUT2D eigenvalue weighted by atomic mass is 10.2. The summed E-state index contributed by atoms with van der Waals surface area (Å²) >= 11 is 0. The first-order valence-corrected chi connectivity index (χ1v) is 6.18. The molecule has 0 aliphatic heterocycles. The van der Waals surface area contributed by atoms with Crippen molar-refractivity contribution in [2.75, 3.05) is 26.6 Å². The Balaban J connectivity index is 2.81. The van der Waals surface area contributed by atoms with Gasteiger partial charge in [-0.3, -0.25) is 0 Å². The lowest BCUT2D eigenvalue weighted by Crippen LogP contribution is -1.98. The van der Waals surface area contributed by atoms with E-state index in [2.05, 4.69) is 6.92 Å². The van der Waals surface area contributed by atoms with E-state index >= 15 is 0 Å². The van der Waals surface area contributed by atoms with Gasteiger partial charge in [-0.15, -0.1) is 0 Å². The molecular weight excluding hydrogens is 192 g/mol. The standard InChI is InChI=1S/C12H26O3/c1-2-3-6-9-14-10-7-4-5-8-11-15-12-13/h13H,2-12H2,1H3. The third kappa shape index (κ3) is 13.9. The third-order valence-corrected chi connectivity index (χ3v) is 2.31. The Morgan fingerprint density at radius 3 is 1.80 bits per heavy atom. The van der Waals surface area contributed by atoms with Gasteiger partial charge in [0.1, 0.15) is 6.79 Å². The number of aliphatic hydroxyl groups excluding tert-OH is 1. The highest BCUT2D eigenvalue weighted by Gasteiger charge is 1.91. The van der Waals surface area contributed by atoms with Gasteiger partial charge >= 0.3 is 0 Å². The minimum absolute atomic E-state index is 0.152. The van der Waals surface area contributed by atoms with E-state index in [1.165, 1.54) is 32.1 Å². The van der Waals surface area contributed by atoms with Crippen molar-refractivity contribution in [1.29, 1.82) is 0 Å². The molecule has 0 spiro atoms. The van der Waals surface area contributed by atoms with Crippen LogP contribution in [0.3, 0.4) is 0 Å². The average Bonchev–Trinajstić information content (AvgIpc) is 2.26. The first-order valence-electron chi connectivity index (χ1n) is 6.18. The van der Waals surface area contributed by atoms with Gasteiger partial charge in [0.25, 0.3) is 0 Å². The summed E-state index contributed by atoms with van der Waals surface area (Å²) in [6, 6.07) is 0. The maximum Gasteiger partial charge on any atom is 0.143 e. The van der Waals surface area contributed by atoms with Crippen molar-refractivity contribution < 1.29 is 14.6 Å². The first kappa shape index (κ1) is 14.9. The lowest BCUT2D eigenvalue weighted by molar-refractivity contribution is -0.00298. The molecule has 15 heavy (non-hydrogen) atoms. The van der Waals surface area contributed by atoms with E-state index in [1.807, 2.05) is 0 Å². The second-order valence-corrected chi connectivity index (χ2v) is 3.77. The minimum Gasteiger partial charge on any atom is -0.381 e. The van der Waals surface area contributed by atoms with Gasteiger partial charge in [-0.1, -0.05) is 32.6 Å². The van der Waals surface area contributed by atoms with Crippen molar-refractivity contribution in [3.8, 4) is 0 Å². The van der Waals surface area contributed by atoms with Crippen molar-refractivity contribution in [3.63, 3.8) is 0 Å². The van der Waals surface area contributed by atoms with Crippen LogP contribution in [-0.2, 0) is 9.47 Å². The Morgan fingerprint density at radius 1 is 0.733 bits per heavy atom. The number of hydrogen-bond donors (Lipinski definition) is 1. The molecule has 1 N–H and O–H groups in total. The van der Waals surface area contributed by atoms with E-state index < -0.39 is 0 Å². The van der Waals surface area contributed by atoms with Crippen LogP contribution in [0.2, 0.25) is 0 Å². The molecule has 3 heteroatoms. The van der Waals surface area contributed by atoms with Gasteiger partial charge in [0, 0.05) is 19.8 Å². The van der Waals surface area contributed by atoms with Crippen LogP contribution in [0.25, 0.3) is 0 Å². The number of rotatable bonds is 12. The molecule has 0 aliphatic rings. The molecule has 0 heterocycles. The molecule has 0 saturated carbocycles. The molecule has 0 aromatic rings. The molecule has 0 aromatic carbocycles. The quantitative estimate of drug-likeness (QED) is 0.404. The normalized spacial score (nSPS) is 10.8. The average molecular weight is 218 g/mol. The molecule has 0 saturated heterocycles. The summed E-state index contributed by atoms with van der Waals surface area (Å²) in [6.07, 6.45) is 8.27. The highest BCUT2D eigenvalue weighted by Crippen LogP contribution is 2.01. The molecule has 0 atom stereocenters. The maximum absolute atomic E-state index is 8.37. The summed E-state index contributed by atoms with van der Waals surface area (Å²) < 4.78 is 10.3. The fraction of sp³-hybridized carbons (Fsp3) is 1.00. The van der Waals surface area contributed by atoms with E-state index in [-0.39, 0.29) is 6.79 Å². The molecule has 0 aromatic heterocycles. The van der Waals surface area contributed by atoms with Gasteiger partial charge < -0.3 is 14.6 Å². The molecule has 0 fully saturated rings.